The molecule has 1 amide bonds. The van der Waals surface area contributed by atoms with E-state index in [2.05, 4.69) is 39.2 Å². The second-order valence-corrected chi connectivity index (χ2v) is 10.3. The van der Waals surface area contributed by atoms with Gasteiger partial charge in [0.1, 0.15) is 10.8 Å². The van der Waals surface area contributed by atoms with Crippen molar-refractivity contribution >= 4 is 23.5 Å². The molecule has 0 saturated heterocycles. The minimum absolute atomic E-state index is 0.0613. The normalized spacial score (nSPS) is 24.1. The first-order valence-corrected chi connectivity index (χ1v) is 12.1. The lowest BCUT2D eigenvalue weighted by Crippen LogP contribution is -2.35. The van der Waals surface area contributed by atoms with Crippen LogP contribution in [0.1, 0.15) is 70.5 Å². The molecule has 0 bridgehead atoms. The van der Waals surface area contributed by atoms with Crippen LogP contribution in [0, 0.1) is 12.3 Å². The summed E-state index contributed by atoms with van der Waals surface area (Å²) in [5, 5.41) is 0.613. The lowest BCUT2D eigenvalue weighted by atomic mass is 9.66. The fourth-order valence-electron chi connectivity index (χ4n) is 5.44. The Morgan fingerprint density at radius 3 is 2.64 bits per heavy atom. The number of benzene rings is 1. The number of amides is 1. The number of carbonyl (C=O) groups is 1. The third kappa shape index (κ3) is 3.87. The van der Waals surface area contributed by atoms with E-state index in [1.807, 2.05) is 13.0 Å². The standard InChI is InChI=1S/C25H28N6OS/c1-14-18(8-11-29-23(14)27)33-19-13-30-20(21(31-19)24(28)32)15-6-9-25(10-7-15)12-16-4-2-3-5-17(16)22(25)26/h2-5,8,11,13,15,22H,6-7,9-10,12,26H2,1H3,(H2,27,29)(H2,28,32)/t15?,22-,25?/m1/s1. The van der Waals surface area contributed by atoms with E-state index in [0.29, 0.717) is 16.5 Å². The number of hydrogen-bond donors (Lipinski definition) is 3. The quantitative estimate of drug-likeness (QED) is 0.537. The molecule has 2 aliphatic rings. The number of carbonyl (C=O) groups excluding carboxylic acids is 1. The summed E-state index contributed by atoms with van der Waals surface area (Å²) in [6, 6.07) is 10.4. The van der Waals surface area contributed by atoms with Gasteiger partial charge >= 0.3 is 0 Å². The summed E-state index contributed by atoms with van der Waals surface area (Å²) in [7, 11) is 0. The van der Waals surface area contributed by atoms with Crippen molar-refractivity contribution in [2.75, 3.05) is 5.73 Å². The zero-order chi connectivity index (χ0) is 23.2. The van der Waals surface area contributed by atoms with Crippen molar-refractivity contribution in [1.29, 1.82) is 0 Å². The van der Waals surface area contributed by atoms with Crippen LogP contribution in [-0.4, -0.2) is 20.9 Å². The average Bonchev–Trinajstić information content (AvgIpc) is 3.09. The molecule has 7 nitrogen and oxygen atoms in total. The van der Waals surface area contributed by atoms with E-state index < -0.39 is 5.91 Å². The monoisotopic (exact) mass is 460 g/mol. The number of aromatic nitrogens is 3. The van der Waals surface area contributed by atoms with E-state index in [1.165, 1.54) is 22.9 Å². The van der Waals surface area contributed by atoms with Crippen LogP contribution in [0.2, 0.25) is 0 Å². The third-order valence-corrected chi connectivity index (χ3v) is 8.45. The SMILES string of the molecule is Cc1c(Sc2cnc(C3CCC4(CC3)Cc3ccccc3[C@H]4N)c(C(N)=O)n2)ccnc1N. The van der Waals surface area contributed by atoms with Gasteiger partial charge < -0.3 is 17.2 Å². The summed E-state index contributed by atoms with van der Waals surface area (Å²) >= 11 is 1.41. The van der Waals surface area contributed by atoms with Gasteiger partial charge in [0.2, 0.25) is 0 Å². The third-order valence-electron chi connectivity index (χ3n) is 7.38. The molecule has 1 spiro atoms. The van der Waals surface area contributed by atoms with E-state index in [0.717, 1.165) is 42.6 Å². The van der Waals surface area contributed by atoms with Gasteiger partial charge in [-0.15, -0.1) is 0 Å². The van der Waals surface area contributed by atoms with Gasteiger partial charge in [0.25, 0.3) is 5.91 Å². The molecule has 1 aromatic carbocycles. The molecular weight excluding hydrogens is 432 g/mol. The minimum atomic E-state index is -0.545. The van der Waals surface area contributed by atoms with E-state index >= 15 is 0 Å². The van der Waals surface area contributed by atoms with Crippen molar-refractivity contribution in [2.45, 2.75) is 60.9 Å². The Morgan fingerprint density at radius 1 is 1.15 bits per heavy atom. The first-order valence-electron chi connectivity index (χ1n) is 11.3. The van der Waals surface area contributed by atoms with Crippen LogP contribution in [0.5, 0.6) is 0 Å². The van der Waals surface area contributed by atoms with Crippen LogP contribution in [0.25, 0.3) is 0 Å². The number of primary amides is 1. The van der Waals surface area contributed by atoms with Crippen molar-refractivity contribution in [1.82, 2.24) is 15.0 Å². The van der Waals surface area contributed by atoms with Crippen molar-refractivity contribution in [3.63, 3.8) is 0 Å². The molecule has 1 atom stereocenters. The maximum absolute atomic E-state index is 12.3. The average molecular weight is 461 g/mol. The lowest BCUT2D eigenvalue weighted by molar-refractivity contribution is 0.0990. The van der Waals surface area contributed by atoms with Gasteiger partial charge in [-0.2, -0.15) is 0 Å². The first kappa shape index (κ1) is 21.9. The number of nitrogens with zero attached hydrogens (tertiary/aromatic N) is 3. The number of nitrogen functional groups attached to an aromatic ring is 1. The van der Waals surface area contributed by atoms with E-state index in [-0.39, 0.29) is 23.1 Å². The predicted molar refractivity (Wildman–Crippen MR) is 129 cm³/mol. The smallest absolute Gasteiger partial charge is 0.269 e. The maximum Gasteiger partial charge on any atom is 0.269 e. The number of rotatable bonds is 4. The molecular formula is C25H28N6OS. The molecule has 1 saturated carbocycles. The van der Waals surface area contributed by atoms with Gasteiger partial charge in [0.05, 0.1) is 11.9 Å². The number of nitrogens with two attached hydrogens (primary N) is 3. The number of anilines is 1. The second-order valence-electron chi connectivity index (χ2n) is 9.22. The molecule has 33 heavy (non-hydrogen) atoms. The fourth-order valence-corrected chi connectivity index (χ4v) is 6.29. The molecule has 5 rings (SSSR count). The predicted octanol–water partition coefficient (Wildman–Crippen LogP) is 3.91. The molecule has 3 aromatic rings. The largest absolute Gasteiger partial charge is 0.383 e. The summed E-state index contributed by atoms with van der Waals surface area (Å²) < 4.78 is 0. The Labute approximate surface area is 197 Å². The van der Waals surface area contributed by atoms with Crippen LogP contribution in [0.3, 0.4) is 0 Å². The Bertz CT molecular complexity index is 1220. The van der Waals surface area contributed by atoms with Crippen LogP contribution in [0.4, 0.5) is 5.82 Å². The molecule has 2 heterocycles. The Balaban J connectivity index is 1.36. The summed E-state index contributed by atoms with van der Waals surface area (Å²) in [6.45, 7) is 1.91. The first-order chi connectivity index (χ1) is 15.9. The van der Waals surface area contributed by atoms with E-state index in [9.17, 15) is 4.79 Å². The maximum atomic E-state index is 12.3. The van der Waals surface area contributed by atoms with Gasteiger partial charge in [-0.05, 0) is 61.6 Å². The molecule has 2 aromatic heterocycles. The van der Waals surface area contributed by atoms with Crippen molar-refractivity contribution in [3.8, 4) is 0 Å². The fraction of sp³-hybridized carbons (Fsp3) is 0.360. The molecule has 1 fully saturated rings. The van der Waals surface area contributed by atoms with Crippen LogP contribution < -0.4 is 17.2 Å². The van der Waals surface area contributed by atoms with Crippen LogP contribution >= 0.6 is 11.8 Å². The molecule has 2 aliphatic carbocycles. The van der Waals surface area contributed by atoms with Gasteiger partial charge in [-0.1, -0.05) is 36.0 Å². The Hall–Kier alpha value is -2.97. The van der Waals surface area contributed by atoms with Gasteiger partial charge in [0.15, 0.2) is 5.69 Å². The molecule has 0 unspecified atom stereocenters. The molecule has 8 heteroatoms. The summed E-state index contributed by atoms with van der Waals surface area (Å²) in [6.07, 6.45) is 8.25. The van der Waals surface area contributed by atoms with Gasteiger partial charge in [-0.3, -0.25) is 9.78 Å². The van der Waals surface area contributed by atoms with Crippen molar-refractivity contribution < 1.29 is 4.79 Å². The van der Waals surface area contributed by atoms with E-state index in [4.69, 9.17) is 17.2 Å². The summed E-state index contributed by atoms with van der Waals surface area (Å²) in [5.41, 5.74) is 23.0. The topological polar surface area (TPSA) is 134 Å². The van der Waals surface area contributed by atoms with E-state index in [1.54, 1.807) is 12.4 Å². The number of fused-ring (bicyclic) bond motifs is 1. The highest BCUT2D eigenvalue weighted by atomic mass is 32.2. The highest BCUT2D eigenvalue weighted by Crippen LogP contribution is 2.55. The van der Waals surface area contributed by atoms with Crippen molar-refractivity contribution in [3.05, 3.63) is 70.8 Å². The molecule has 0 aliphatic heterocycles. The summed E-state index contributed by atoms with van der Waals surface area (Å²) in [5.74, 6) is 0.0816. The number of hydrogen-bond acceptors (Lipinski definition) is 7. The molecule has 0 radical (unpaired) electrons. The zero-order valence-electron chi connectivity index (χ0n) is 18.6. The lowest BCUT2D eigenvalue weighted by Gasteiger charge is -2.40. The van der Waals surface area contributed by atoms with Crippen LogP contribution in [-0.2, 0) is 6.42 Å². The number of pyridine rings is 1. The summed E-state index contributed by atoms with van der Waals surface area (Å²) in [4.78, 5) is 26.6. The van der Waals surface area contributed by atoms with Gasteiger partial charge in [-0.25, -0.2) is 9.97 Å². The zero-order valence-corrected chi connectivity index (χ0v) is 19.4. The minimum Gasteiger partial charge on any atom is -0.383 e. The molecule has 6 N–H and O–H groups in total. The molecule has 170 valence electrons. The second kappa shape index (κ2) is 8.43. The highest BCUT2D eigenvalue weighted by molar-refractivity contribution is 7.99. The van der Waals surface area contributed by atoms with Crippen LogP contribution in [0.15, 0.2) is 52.6 Å². The van der Waals surface area contributed by atoms with Crippen molar-refractivity contribution in [2.24, 2.45) is 16.9 Å². The highest BCUT2D eigenvalue weighted by Gasteiger charge is 2.46. The Kier molecular flexibility index (Phi) is 5.58. The van der Waals surface area contributed by atoms with Gasteiger partial charge in [0, 0.05) is 28.6 Å². The Morgan fingerprint density at radius 2 is 1.91 bits per heavy atom.